The molecular formula is C20H17NO4. The summed E-state index contributed by atoms with van der Waals surface area (Å²) in [6.07, 6.45) is 1.61. The molecule has 1 heterocycles. The van der Waals surface area contributed by atoms with E-state index >= 15 is 0 Å². The number of hydrogen-bond donors (Lipinski definition) is 2. The number of ether oxygens (including phenoxy) is 1. The Kier molecular flexibility index (Phi) is 4.66. The van der Waals surface area contributed by atoms with Gasteiger partial charge < -0.3 is 14.8 Å². The predicted molar refractivity (Wildman–Crippen MR) is 95.0 cm³/mol. The number of nitrogens with one attached hydrogen (secondary N) is 1. The molecule has 0 unspecified atom stereocenters. The van der Waals surface area contributed by atoms with Gasteiger partial charge in [-0.25, -0.2) is 4.79 Å². The van der Waals surface area contributed by atoms with Crippen LogP contribution < -0.4 is 10.2 Å². The van der Waals surface area contributed by atoms with Crippen molar-refractivity contribution in [2.24, 2.45) is 0 Å². The predicted octanol–water partition coefficient (Wildman–Crippen LogP) is 3.63. The Morgan fingerprint density at radius 3 is 2.40 bits per heavy atom. The summed E-state index contributed by atoms with van der Waals surface area (Å²) in [4.78, 5) is 26.8. The average Bonchev–Trinajstić information content (AvgIpc) is 2.62. The van der Waals surface area contributed by atoms with Crippen molar-refractivity contribution in [3.8, 4) is 16.9 Å². The first kappa shape index (κ1) is 16.5. The van der Waals surface area contributed by atoms with E-state index in [1.807, 2.05) is 30.3 Å². The minimum absolute atomic E-state index is 0.174. The van der Waals surface area contributed by atoms with Gasteiger partial charge in [0.15, 0.2) is 5.75 Å². The van der Waals surface area contributed by atoms with Crippen LogP contribution in [0.15, 0.2) is 65.6 Å². The van der Waals surface area contributed by atoms with Crippen LogP contribution in [0, 0.1) is 6.92 Å². The second-order valence-electron chi connectivity index (χ2n) is 5.64. The molecule has 0 fully saturated rings. The average molecular weight is 335 g/mol. The van der Waals surface area contributed by atoms with Gasteiger partial charge >= 0.3 is 5.97 Å². The first-order chi connectivity index (χ1) is 12.1. The standard InChI is InChI=1S/C20H17NO4/c1-13-19(25-12-14-5-3-2-4-6-14)18(22)17(11-21-13)15-7-9-16(10-8-15)20(23)24/h2-11H,12H2,1H3,(H,21,22)(H,23,24). The minimum Gasteiger partial charge on any atom is -0.483 e. The van der Waals surface area contributed by atoms with E-state index in [1.165, 1.54) is 12.1 Å². The molecule has 5 heteroatoms. The van der Waals surface area contributed by atoms with E-state index in [2.05, 4.69) is 4.98 Å². The summed E-state index contributed by atoms with van der Waals surface area (Å²) in [7, 11) is 0. The molecule has 0 aliphatic heterocycles. The molecule has 5 nitrogen and oxygen atoms in total. The van der Waals surface area contributed by atoms with E-state index in [0.29, 0.717) is 23.4 Å². The van der Waals surface area contributed by atoms with Crippen LogP contribution >= 0.6 is 0 Å². The van der Waals surface area contributed by atoms with E-state index in [9.17, 15) is 9.59 Å². The maximum atomic E-state index is 12.8. The third-order valence-electron chi connectivity index (χ3n) is 3.89. The lowest BCUT2D eigenvalue weighted by molar-refractivity contribution is 0.0697. The molecule has 0 bridgehead atoms. The molecule has 2 aromatic carbocycles. The summed E-state index contributed by atoms with van der Waals surface area (Å²) in [5, 5.41) is 8.97. The van der Waals surface area contributed by atoms with Gasteiger partial charge in [-0.1, -0.05) is 42.5 Å². The van der Waals surface area contributed by atoms with Crippen molar-refractivity contribution in [3.05, 3.63) is 87.8 Å². The molecule has 0 atom stereocenters. The largest absolute Gasteiger partial charge is 0.483 e. The molecule has 0 spiro atoms. The van der Waals surface area contributed by atoms with Gasteiger partial charge in [0.2, 0.25) is 5.43 Å². The molecule has 0 aliphatic carbocycles. The number of carboxylic acids is 1. The molecule has 1 aromatic heterocycles. The Morgan fingerprint density at radius 2 is 1.76 bits per heavy atom. The highest BCUT2D eigenvalue weighted by atomic mass is 16.5. The molecule has 0 saturated carbocycles. The number of carbonyl (C=O) groups is 1. The first-order valence-electron chi connectivity index (χ1n) is 7.79. The Balaban J connectivity index is 1.91. The smallest absolute Gasteiger partial charge is 0.335 e. The number of benzene rings is 2. The van der Waals surface area contributed by atoms with E-state index < -0.39 is 5.97 Å². The van der Waals surface area contributed by atoms with Gasteiger partial charge in [0.05, 0.1) is 11.3 Å². The number of rotatable bonds is 5. The summed E-state index contributed by atoms with van der Waals surface area (Å²) in [6, 6.07) is 15.8. The summed E-state index contributed by atoms with van der Waals surface area (Å²) in [6.45, 7) is 2.07. The Morgan fingerprint density at radius 1 is 1.08 bits per heavy atom. The number of aromatic carboxylic acids is 1. The first-order valence-corrected chi connectivity index (χ1v) is 7.79. The lowest BCUT2D eigenvalue weighted by atomic mass is 10.0. The van der Waals surface area contributed by atoms with Gasteiger partial charge in [0.1, 0.15) is 6.61 Å². The van der Waals surface area contributed by atoms with Crippen LogP contribution in [0.25, 0.3) is 11.1 Å². The van der Waals surface area contributed by atoms with Crippen molar-refractivity contribution in [1.82, 2.24) is 4.98 Å². The molecule has 0 amide bonds. The fourth-order valence-corrected chi connectivity index (χ4v) is 2.51. The Bertz CT molecular complexity index is 944. The summed E-state index contributed by atoms with van der Waals surface area (Å²) < 4.78 is 5.74. The van der Waals surface area contributed by atoms with Crippen molar-refractivity contribution in [1.29, 1.82) is 0 Å². The molecule has 3 aromatic rings. The lowest BCUT2D eigenvalue weighted by Gasteiger charge is -2.11. The zero-order chi connectivity index (χ0) is 17.8. The fourth-order valence-electron chi connectivity index (χ4n) is 2.51. The number of aryl methyl sites for hydroxylation is 1. The SMILES string of the molecule is Cc1[nH]cc(-c2ccc(C(=O)O)cc2)c(=O)c1OCc1ccccc1. The lowest BCUT2D eigenvalue weighted by Crippen LogP contribution is -2.13. The molecule has 0 saturated heterocycles. The van der Waals surface area contributed by atoms with Gasteiger partial charge in [-0.3, -0.25) is 4.79 Å². The summed E-state index contributed by atoms with van der Waals surface area (Å²) in [5.74, 6) is -0.736. The van der Waals surface area contributed by atoms with Gasteiger partial charge in [-0.2, -0.15) is 0 Å². The topological polar surface area (TPSA) is 79.4 Å². The third kappa shape index (κ3) is 3.61. The van der Waals surface area contributed by atoms with Crippen LogP contribution in [0.1, 0.15) is 21.6 Å². The minimum atomic E-state index is -1.00. The number of carboxylic acid groups (broad SMARTS) is 1. The van der Waals surface area contributed by atoms with E-state index in [0.717, 1.165) is 5.56 Å². The number of aromatic amines is 1. The van der Waals surface area contributed by atoms with Crippen molar-refractivity contribution < 1.29 is 14.6 Å². The summed E-state index contributed by atoms with van der Waals surface area (Å²) in [5.41, 5.74) is 2.63. The normalized spacial score (nSPS) is 10.4. The van der Waals surface area contributed by atoms with Gasteiger partial charge in [0.25, 0.3) is 0 Å². The molecule has 2 N–H and O–H groups in total. The van der Waals surface area contributed by atoms with Crippen LogP contribution in [-0.4, -0.2) is 16.1 Å². The zero-order valence-corrected chi connectivity index (χ0v) is 13.7. The monoisotopic (exact) mass is 335 g/mol. The van der Waals surface area contributed by atoms with Gasteiger partial charge in [-0.15, -0.1) is 0 Å². The Labute approximate surface area is 144 Å². The maximum absolute atomic E-state index is 12.8. The summed E-state index contributed by atoms with van der Waals surface area (Å²) >= 11 is 0. The highest BCUT2D eigenvalue weighted by Crippen LogP contribution is 2.20. The van der Waals surface area contributed by atoms with Crippen molar-refractivity contribution in [2.45, 2.75) is 13.5 Å². The molecule has 126 valence electrons. The second-order valence-corrected chi connectivity index (χ2v) is 5.64. The van der Waals surface area contributed by atoms with Gasteiger partial charge in [0, 0.05) is 11.8 Å². The van der Waals surface area contributed by atoms with Crippen molar-refractivity contribution >= 4 is 5.97 Å². The van der Waals surface area contributed by atoms with E-state index in [4.69, 9.17) is 9.84 Å². The van der Waals surface area contributed by atoms with E-state index in [-0.39, 0.29) is 16.7 Å². The van der Waals surface area contributed by atoms with Crippen LogP contribution in [0.5, 0.6) is 5.75 Å². The molecular weight excluding hydrogens is 318 g/mol. The van der Waals surface area contributed by atoms with Crippen LogP contribution in [0.2, 0.25) is 0 Å². The highest BCUT2D eigenvalue weighted by Gasteiger charge is 2.13. The van der Waals surface area contributed by atoms with E-state index in [1.54, 1.807) is 25.3 Å². The number of H-pyrrole nitrogens is 1. The van der Waals surface area contributed by atoms with Gasteiger partial charge in [-0.05, 0) is 30.2 Å². The second kappa shape index (κ2) is 7.05. The molecule has 0 aliphatic rings. The zero-order valence-electron chi connectivity index (χ0n) is 13.7. The Hall–Kier alpha value is -3.34. The quantitative estimate of drug-likeness (QED) is 0.746. The molecule has 3 rings (SSSR count). The van der Waals surface area contributed by atoms with Crippen LogP contribution in [0.4, 0.5) is 0 Å². The number of aromatic nitrogens is 1. The maximum Gasteiger partial charge on any atom is 0.335 e. The third-order valence-corrected chi connectivity index (χ3v) is 3.89. The molecule has 25 heavy (non-hydrogen) atoms. The van der Waals surface area contributed by atoms with Crippen LogP contribution in [0.3, 0.4) is 0 Å². The van der Waals surface area contributed by atoms with Crippen LogP contribution in [-0.2, 0) is 6.61 Å². The molecule has 0 radical (unpaired) electrons. The number of pyridine rings is 1. The van der Waals surface area contributed by atoms with Crippen molar-refractivity contribution in [3.63, 3.8) is 0 Å². The number of hydrogen-bond acceptors (Lipinski definition) is 3. The van der Waals surface area contributed by atoms with Crippen molar-refractivity contribution in [2.75, 3.05) is 0 Å². The fraction of sp³-hybridized carbons (Fsp3) is 0.100. The highest BCUT2D eigenvalue weighted by molar-refractivity contribution is 5.88.